The van der Waals surface area contributed by atoms with Crippen LogP contribution in [0.25, 0.3) is 5.57 Å². The molecule has 0 saturated carbocycles. The summed E-state index contributed by atoms with van der Waals surface area (Å²) in [5.74, 6) is -3.08. The fourth-order valence-corrected chi connectivity index (χ4v) is 3.41. The predicted molar refractivity (Wildman–Crippen MR) is 81.1 cm³/mol. The Morgan fingerprint density at radius 2 is 2.21 bits per heavy atom. The van der Waals surface area contributed by atoms with Crippen molar-refractivity contribution in [3.05, 3.63) is 35.3 Å². The Bertz CT molecular complexity index is 774. The van der Waals surface area contributed by atoms with Gasteiger partial charge in [-0.1, -0.05) is 6.07 Å². The molecule has 2 amide bonds. The highest BCUT2D eigenvalue weighted by atomic mass is 19.1. The lowest BCUT2D eigenvalue weighted by atomic mass is 9.82. The summed E-state index contributed by atoms with van der Waals surface area (Å²) in [4.78, 5) is 35.3. The number of amides is 2. The number of rotatable bonds is 5. The average molecular weight is 334 g/mol. The molecule has 8 heteroatoms. The molecule has 0 bridgehead atoms. The van der Waals surface area contributed by atoms with E-state index in [1.54, 1.807) is 0 Å². The van der Waals surface area contributed by atoms with Crippen LogP contribution < -0.4 is 5.32 Å². The van der Waals surface area contributed by atoms with E-state index in [9.17, 15) is 29.0 Å². The molecule has 0 aromatic heterocycles. The minimum atomic E-state index is -1.28. The second-order valence-corrected chi connectivity index (χ2v) is 5.84. The number of aliphatic hydroxyl groups excluding tert-OH is 1. The number of carboxylic acids is 1. The Labute approximate surface area is 136 Å². The van der Waals surface area contributed by atoms with Crippen LogP contribution in [0, 0.1) is 11.7 Å². The van der Waals surface area contributed by atoms with E-state index in [-0.39, 0.29) is 17.8 Å². The number of fused-ring (bicyclic) bond motifs is 1. The number of benzene rings is 1. The second kappa shape index (κ2) is 5.72. The highest BCUT2D eigenvalue weighted by Gasteiger charge is 2.56. The van der Waals surface area contributed by atoms with Crippen LogP contribution in [-0.2, 0) is 14.4 Å². The maximum Gasteiger partial charge on any atom is 0.352 e. The molecular formula is C16H15FN2O5. The standard InChI is InChI=1S/C16H15FN2O5/c1-7(21)13-12-5-9(14(16(23)24)19(12)15(13)22)8-2-3-11(18-6-20)10(17)4-8/h2-4,6-7,12-13,21H,5H2,1H3,(H,18,20)(H,23,24)/t7-,12-,13-/m1/s1. The van der Waals surface area contributed by atoms with Gasteiger partial charge in [-0.25, -0.2) is 9.18 Å². The third-order valence-corrected chi connectivity index (χ3v) is 4.46. The van der Waals surface area contributed by atoms with Gasteiger partial charge < -0.3 is 20.4 Å². The number of β-lactam (4-membered cyclic amide) rings is 1. The van der Waals surface area contributed by atoms with Crippen molar-refractivity contribution in [1.82, 2.24) is 4.90 Å². The first kappa shape index (κ1) is 16.1. The molecule has 0 radical (unpaired) electrons. The molecule has 1 aromatic rings. The lowest BCUT2D eigenvalue weighted by Crippen LogP contribution is -2.61. The van der Waals surface area contributed by atoms with Gasteiger partial charge in [-0.15, -0.1) is 0 Å². The Hall–Kier alpha value is -2.74. The number of carboxylic acid groups (broad SMARTS) is 1. The van der Waals surface area contributed by atoms with Gasteiger partial charge in [-0.05, 0) is 36.6 Å². The number of hydrogen-bond acceptors (Lipinski definition) is 4. The van der Waals surface area contributed by atoms with Crippen molar-refractivity contribution >= 4 is 29.5 Å². The van der Waals surface area contributed by atoms with Crippen LogP contribution in [0.3, 0.4) is 0 Å². The molecule has 2 aliphatic heterocycles. The quantitative estimate of drug-likeness (QED) is 0.545. The topological polar surface area (TPSA) is 107 Å². The summed E-state index contributed by atoms with van der Waals surface area (Å²) >= 11 is 0. The molecule has 0 spiro atoms. The van der Waals surface area contributed by atoms with E-state index in [1.165, 1.54) is 19.1 Å². The average Bonchev–Trinajstić information content (AvgIpc) is 2.84. The number of carbonyl (C=O) groups excluding carboxylic acids is 2. The summed E-state index contributed by atoms with van der Waals surface area (Å²) in [5.41, 5.74) is 0.455. The minimum Gasteiger partial charge on any atom is -0.477 e. The molecule has 3 rings (SSSR count). The molecule has 0 aliphatic carbocycles. The molecule has 1 fully saturated rings. The number of nitrogens with zero attached hydrogens (tertiary/aromatic N) is 1. The van der Waals surface area contributed by atoms with Crippen molar-refractivity contribution < 1.29 is 29.0 Å². The van der Waals surface area contributed by atoms with Crippen LogP contribution in [0.2, 0.25) is 0 Å². The highest BCUT2D eigenvalue weighted by molar-refractivity contribution is 6.06. The van der Waals surface area contributed by atoms with Gasteiger partial charge in [0, 0.05) is 0 Å². The fraction of sp³-hybridized carbons (Fsp3) is 0.312. The maximum atomic E-state index is 14.0. The Kier molecular flexibility index (Phi) is 3.84. The molecule has 1 aromatic carbocycles. The van der Waals surface area contributed by atoms with E-state index in [0.717, 1.165) is 11.0 Å². The Morgan fingerprint density at radius 1 is 1.50 bits per heavy atom. The summed E-state index contributed by atoms with van der Waals surface area (Å²) in [5, 5.41) is 21.3. The zero-order valence-electron chi connectivity index (χ0n) is 12.7. The van der Waals surface area contributed by atoms with E-state index in [2.05, 4.69) is 5.32 Å². The van der Waals surface area contributed by atoms with E-state index in [0.29, 0.717) is 17.5 Å². The van der Waals surface area contributed by atoms with Gasteiger partial charge in [0.25, 0.3) is 0 Å². The molecule has 2 heterocycles. The molecular weight excluding hydrogens is 319 g/mol. The van der Waals surface area contributed by atoms with Crippen LogP contribution >= 0.6 is 0 Å². The largest absolute Gasteiger partial charge is 0.477 e. The zero-order chi connectivity index (χ0) is 17.6. The van der Waals surface area contributed by atoms with Crippen molar-refractivity contribution in [1.29, 1.82) is 0 Å². The first-order chi connectivity index (χ1) is 11.4. The minimum absolute atomic E-state index is 0.0227. The van der Waals surface area contributed by atoms with E-state index in [4.69, 9.17) is 0 Å². The second-order valence-electron chi connectivity index (χ2n) is 5.84. The summed E-state index contributed by atoms with van der Waals surface area (Å²) in [6, 6.07) is 3.50. The molecule has 24 heavy (non-hydrogen) atoms. The van der Waals surface area contributed by atoms with E-state index in [1.807, 2.05) is 0 Å². The number of hydrogen-bond donors (Lipinski definition) is 3. The van der Waals surface area contributed by atoms with E-state index < -0.39 is 35.8 Å². The Balaban J connectivity index is 2.01. The maximum absolute atomic E-state index is 14.0. The van der Waals surface area contributed by atoms with Crippen LogP contribution in [-0.4, -0.2) is 45.5 Å². The van der Waals surface area contributed by atoms with Crippen LogP contribution in [0.15, 0.2) is 23.9 Å². The van der Waals surface area contributed by atoms with Gasteiger partial charge >= 0.3 is 5.97 Å². The predicted octanol–water partition coefficient (Wildman–Crippen LogP) is 0.801. The van der Waals surface area contributed by atoms with Crippen molar-refractivity contribution in [3.63, 3.8) is 0 Å². The molecule has 0 unspecified atom stereocenters. The normalized spacial score (nSPS) is 23.6. The molecule has 7 nitrogen and oxygen atoms in total. The number of carbonyl (C=O) groups is 3. The lowest BCUT2D eigenvalue weighted by molar-refractivity contribution is -0.161. The van der Waals surface area contributed by atoms with Crippen molar-refractivity contribution in [2.45, 2.75) is 25.5 Å². The van der Waals surface area contributed by atoms with Crippen molar-refractivity contribution in [2.75, 3.05) is 5.32 Å². The van der Waals surface area contributed by atoms with Gasteiger partial charge in [0.05, 0.1) is 23.8 Å². The van der Waals surface area contributed by atoms with Gasteiger partial charge in [0.1, 0.15) is 11.5 Å². The summed E-state index contributed by atoms with van der Waals surface area (Å²) < 4.78 is 14.0. The third-order valence-electron chi connectivity index (χ3n) is 4.46. The number of anilines is 1. The van der Waals surface area contributed by atoms with Crippen molar-refractivity contribution in [3.8, 4) is 0 Å². The molecule has 126 valence electrons. The van der Waals surface area contributed by atoms with Crippen LogP contribution in [0.5, 0.6) is 0 Å². The van der Waals surface area contributed by atoms with Gasteiger partial charge in [0.15, 0.2) is 0 Å². The fourth-order valence-electron chi connectivity index (χ4n) is 3.41. The first-order valence-electron chi connectivity index (χ1n) is 7.34. The Morgan fingerprint density at radius 3 is 2.75 bits per heavy atom. The third kappa shape index (κ3) is 2.26. The van der Waals surface area contributed by atoms with E-state index >= 15 is 0 Å². The van der Waals surface area contributed by atoms with Crippen LogP contribution in [0.1, 0.15) is 18.9 Å². The van der Waals surface area contributed by atoms with Crippen LogP contribution in [0.4, 0.5) is 10.1 Å². The highest BCUT2D eigenvalue weighted by Crippen LogP contribution is 2.47. The van der Waals surface area contributed by atoms with Gasteiger partial charge in [-0.2, -0.15) is 0 Å². The molecule has 1 saturated heterocycles. The number of aliphatic carboxylic acids is 1. The molecule has 3 atom stereocenters. The summed E-state index contributed by atoms with van der Waals surface area (Å²) in [7, 11) is 0. The van der Waals surface area contributed by atoms with Crippen molar-refractivity contribution in [2.24, 2.45) is 5.92 Å². The molecule has 2 aliphatic rings. The number of nitrogens with one attached hydrogen (secondary N) is 1. The number of halogens is 1. The smallest absolute Gasteiger partial charge is 0.352 e. The van der Waals surface area contributed by atoms with Gasteiger partial charge in [0.2, 0.25) is 12.3 Å². The number of aliphatic hydroxyl groups is 1. The SMILES string of the molecule is C[C@@H](O)[C@H]1C(=O)N2C(C(=O)O)=C(c3ccc(NC=O)c(F)c3)C[C@H]12. The monoisotopic (exact) mass is 334 g/mol. The molecule has 3 N–H and O–H groups in total. The zero-order valence-corrected chi connectivity index (χ0v) is 12.7. The summed E-state index contributed by atoms with van der Waals surface area (Å²) in [6.07, 6.45) is -0.319. The first-order valence-corrected chi connectivity index (χ1v) is 7.34. The summed E-state index contributed by atoms with van der Waals surface area (Å²) in [6.45, 7) is 1.48. The van der Waals surface area contributed by atoms with Gasteiger partial charge in [-0.3, -0.25) is 9.59 Å². The lowest BCUT2D eigenvalue weighted by Gasteiger charge is -2.44.